The summed E-state index contributed by atoms with van der Waals surface area (Å²) in [6, 6.07) is 15.9. The maximum absolute atomic E-state index is 12.8. The van der Waals surface area contributed by atoms with E-state index in [1.54, 1.807) is 35.6 Å². The van der Waals surface area contributed by atoms with Gasteiger partial charge in [0.2, 0.25) is 0 Å². The van der Waals surface area contributed by atoms with Crippen molar-refractivity contribution in [3.8, 4) is 0 Å². The molecule has 2 aromatic carbocycles. The van der Waals surface area contributed by atoms with Crippen LogP contribution in [0.2, 0.25) is 0 Å². The molecule has 0 aliphatic carbocycles. The molecule has 160 valence electrons. The SMILES string of the molecule is Cc1nc(CN2CCN(C(=O)c3ccc(NC(=O)Nc4ccccc4)cc3)CC2)cs1. The number of nitrogens with one attached hydrogen (secondary N) is 2. The van der Waals surface area contributed by atoms with Crippen LogP contribution in [-0.2, 0) is 6.54 Å². The second-order valence-electron chi connectivity index (χ2n) is 7.45. The zero-order chi connectivity index (χ0) is 21.6. The van der Waals surface area contributed by atoms with Crippen molar-refractivity contribution in [1.82, 2.24) is 14.8 Å². The molecule has 0 radical (unpaired) electrons. The first kappa shape index (κ1) is 21.0. The molecular weight excluding hydrogens is 410 g/mol. The van der Waals surface area contributed by atoms with E-state index in [0.29, 0.717) is 24.3 Å². The van der Waals surface area contributed by atoms with Gasteiger partial charge in [-0.05, 0) is 43.3 Å². The molecule has 0 bridgehead atoms. The Morgan fingerprint density at radius 1 is 0.935 bits per heavy atom. The van der Waals surface area contributed by atoms with Crippen molar-refractivity contribution in [2.24, 2.45) is 0 Å². The first-order chi connectivity index (χ1) is 15.1. The number of hydrogen-bond donors (Lipinski definition) is 2. The van der Waals surface area contributed by atoms with E-state index >= 15 is 0 Å². The van der Waals surface area contributed by atoms with Gasteiger partial charge in [-0.2, -0.15) is 0 Å². The summed E-state index contributed by atoms with van der Waals surface area (Å²) in [5.41, 5.74) is 3.07. The summed E-state index contributed by atoms with van der Waals surface area (Å²) in [6.45, 7) is 5.91. The van der Waals surface area contributed by atoms with E-state index < -0.39 is 0 Å². The fourth-order valence-electron chi connectivity index (χ4n) is 3.51. The zero-order valence-electron chi connectivity index (χ0n) is 17.4. The lowest BCUT2D eigenvalue weighted by Gasteiger charge is -2.34. The van der Waals surface area contributed by atoms with Gasteiger partial charge in [-0.3, -0.25) is 9.69 Å². The molecule has 1 saturated heterocycles. The molecule has 1 aromatic heterocycles. The van der Waals surface area contributed by atoms with Crippen molar-refractivity contribution in [2.45, 2.75) is 13.5 Å². The number of hydrogen-bond acceptors (Lipinski definition) is 5. The summed E-state index contributed by atoms with van der Waals surface area (Å²) in [4.78, 5) is 33.7. The molecule has 7 nitrogen and oxygen atoms in total. The van der Waals surface area contributed by atoms with Gasteiger partial charge >= 0.3 is 6.03 Å². The average Bonchev–Trinajstić information content (AvgIpc) is 3.19. The van der Waals surface area contributed by atoms with Gasteiger partial charge in [-0.15, -0.1) is 11.3 Å². The van der Waals surface area contributed by atoms with E-state index in [9.17, 15) is 9.59 Å². The molecule has 4 rings (SSSR count). The summed E-state index contributed by atoms with van der Waals surface area (Å²) in [6.07, 6.45) is 0. The lowest BCUT2D eigenvalue weighted by atomic mass is 10.1. The molecule has 0 unspecified atom stereocenters. The highest BCUT2D eigenvalue weighted by Crippen LogP contribution is 2.16. The number of aromatic nitrogens is 1. The Labute approximate surface area is 185 Å². The van der Waals surface area contributed by atoms with E-state index in [-0.39, 0.29) is 11.9 Å². The molecular formula is C23H25N5O2S. The number of anilines is 2. The number of amides is 3. The molecule has 2 N–H and O–H groups in total. The molecule has 31 heavy (non-hydrogen) atoms. The third-order valence-corrected chi connectivity index (χ3v) is 5.96. The van der Waals surface area contributed by atoms with Crippen LogP contribution in [0.25, 0.3) is 0 Å². The van der Waals surface area contributed by atoms with Crippen LogP contribution in [-0.4, -0.2) is 52.9 Å². The molecule has 1 aliphatic heterocycles. The highest BCUT2D eigenvalue weighted by Gasteiger charge is 2.22. The Kier molecular flexibility index (Phi) is 6.59. The molecule has 8 heteroatoms. The number of carbonyl (C=O) groups is 2. The third kappa shape index (κ3) is 5.68. The standard InChI is InChI=1S/C23H25N5O2S/c1-17-24-21(16-31-17)15-27-11-13-28(14-12-27)22(29)18-7-9-20(10-8-18)26-23(30)25-19-5-3-2-4-6-19/h2-10,16H,11-15H2,1H3,(H2,25,26,30). The third-order valence-electron chi connectivity index (χ3n) is 5.13. The van der Waals surface area contributed by atoms with Crippen molar-refractivity contribution < 1.29 is 9.59 Å². The second kappa shape index (κ2) is 9.72. The van der Waals surface area contributed by atoms with Crippen molar-refractivity contribution in [3.05, 3.63) is 76.2 Å². The fourth-order valence-corrected chi connectivity index (χ4v) is 4.12. The van der Waals surface area contributed by atoms with Crippen LogP contribution >= 0.6 is 11.3 Å². The summed E-state index contributed by atoms with van der Waals surface area (Å²) >= 11 is 1.67. The minimum atomic E-state index is -0.322. The first-order valence-electron chi connectivity index (χ1n) is 10.2. The number of piperazine rings is 1. The summed E-state index contributed by atoms with van der Waals surface area (Å²) in [5.74, 6) is 0.0180. The Hall–Kier alpha value is -3.23. The van der Waals surface area contributed by atoms with Crippen LogP contribution < -0.4 is 10.6 Å². The summed E-state index contributed by atoms with van der Waals surface area (Å²) < 4.78 is 0. The van der Waals surface area contributed by atoms with E-state index in [0.717, 1.165) is 36.0 Å². The maximum Gasteiger partial charge on any atom is 0.323 e. The van der Waals surface area contributed by atoms with Gasteiger partial charge < -0.3 is 15.5 Å². The smallest absolute Gasteiger partial charge is 0.323 e. The lowest BCUT2D eigenvalue weighted by molar-refractivity contribution is 0.0627. The maximum atomic E-state index is 12.8. The van der Waals surface area contributed by atoms with Crippen LogP contribution in [0.15, 0.2) is 60.0 Å². The molecule has 2 heterocycles. The van der Waals surface area contributed by atoms with E-state index in [1.165, 1.54) is 0 Å². The van der Waals surface area contributed by atoms with Crippen LogP contribution in [0.3, 0.4) is 0 Å². The second-order valence-corrected chi connectivity index (χ2v) is 8.51. The van der Waals surface area contributed by atoms with Gasteiger partial charge in [0.15, 0.2) is 0 Å². The van der Waals surface area contributed by atoms with Crippen LogP contribution in [0.4, 0.5) is 16.2 Å². The molecule has 0 saturated carbocycles. The Morgan fingerprint density at radius 2 is 1.58 bits per heavy atom. The lowest BCUT2D eigenvalue weighted by Crippen LogP contribution is -2.48. The quantitative estimate of drug-likeness (QED) is 0.634. The van der Waals surface area contributed by atoms with Crippen LogP contribution in [0.5, 0.6) is 0 Å². The topological polar surface area (TPSA) is 77.6 Å². The minimum Gasteiger partial charge on any atom is -0.336 e. The number of para-hydroxylation sites is 1. The predicted molar refractivity (Wildman–Crippen MR) is 124 cm³/mol. The van der Waals surface area contributed by atoms with E-state index in [1.807, 2.05) is 42.2 Å². The summed E-state index contributed by atoms with van der Waals surface area (Å²) in [5, 5.41) is 8.73. The largest absolute Gasteiger partial charge is 0.336 e. The van der Waals surface area contributed by atoms with Crippen molar-refractivity contribution >= 4 is 34.6 Å². The van der Waals surface area contributed by atoms with Gasteiger partial charge in [0.1, 0.15) is 0 Å². The average molecular weight is 436 g/mol. The molecule has 0 spiro atoms. The van der Waals surface area contributed by atoms with E-state index in [4.69, 9.17) is 0 Å². The Bertz CT molecular complexity index is 1030. The van der Waals surface area contributed by atoms with Gasteiger partial charge in [-0.25, -0.2) is 9.78 Å². The van der Waals surface area contributed by atoms with Crippen molar-refractivity contribution in [3.63, 3.8) is 0 Å². The highest BCUT2D eigenvalue weighted by molar-refractivity contribution is 7.09. The molecule has 1 fully saturated rings. The number of aryl methyl sites for hydroxylation is 1. The van der Waals surface area contributed by atoms with Crippen molar-refractivity contribution in [1.29, 1.82) is 0 Å². The number of thiazole rings is 1. The molecule has 3 aromatic rings. The van der Waals surface area contributed by atoms with Crippen LogP contribution in [0, 0.1) is 6.92 Å². The van der Waals surface area contributed by atoms with Gasteiger partial charge in [0.25, 0.3) is 5.91 Å². The number of benzene rings is 2. The van der Waals surface area contributed by atoms with Gasteiger partial charge in [0.05, 0.1) is 10.7 Å². The fraction of sp³-hybridized carbons (Fsp3) is 0.261. The molecule has 3 amide bonds. The monoisotopic (exact) mass is 435 g/mol. The van der Waals surface area contributed by atoms with E-state index in [2.05, 4.69) is 25.9 Å². The normalized spacial score (nSPS) is 14.3. The zero-order valence-corrected chi connectivity index (χ0v) is 18.2. The number of nitrogens with zero attached hydrogens (tertiary/aromatic N) is 3. The number of urea groups is 1. The number of rotatable bonds is 5. The highest BCUT2D eigenvalue weighted by atomic mass is 32.1. The Morgan fingerprint density at radius 3 is 2.19 bits per heavy atom. The van der Waals surface area contributed by atoms with Gasteiger partial charge in [0, 0.05) is 55.0 Å². The minimum absolute atomic E-state index is 0.0180. The van der Waals surface area contributed by atoms with Gasteiger partial charge in [-0.1, -0.05) is 18.2 Å². The first-order valence-corrected chi connectivity index (χ1v) is 11.1. The Balaban J connectivity index is 1.27. The summed E-state index contributed by atoms with van der Waals surface area (Å²) in [7, 11) is 0. The number of carbonyl (C=O) groups excluding carboxylic acids is 2. The molecule has 1 aliphatic rings. The predicted octanol–water partition coefficient (Wildman–Crippen LogP) is 4.05. The van der Waals surface area contributed by atoms with Crippen LogP contribution in [0.1, 0.15) is 21.1 Å². The van der Waals surface area contributed by atoms with Crippen molar-refractivity contribution in [2.75, 3.05) is 36.8 Å². The molecule has 0 atom stereocenters.